The Hall–Kier alpha value is -0.563. The van der Waals surface area contributed by atoms with Crippen LogP contribution in [-0.4, -0.2) is 8.07 Å². The van der Waals surface area contributed by atoms with Gasteiger partial charge in [-0.05, 0) is 39.5 Å². The molecule has 0 aliphatic carbocycles. The molecule has 2 aromatic heterocycles. The zero-order valence-electron chi connectivity index (χ0n) is 30.6. The zero-order valence-corrected chi connectivity index (χ0v) is 33.3. The van der Waals surface area contributed by atoms with Gasteiger partial charge in [-0.15, -0.1) is 22.7 Å². The van der Waals surface area contributed by atoms with E-state index in [2.05, 4.69) is 90.0 Å². The summed E-state index contributed by atoms with van der Waals surface area (Å²) >= 11 is 4.03. The van der Waals surface area contributed by atoms with E-state index >= 15 is 0 Å². The molecule has 0 fully saturated rings. The molecule has 0 aliphatic rings. The first-order valence-corrected chi connectivity index (χ1v) is 23.2. The molecule has 0 spiro atoms. The van der Waals surface area contributed by atoms with E-state index in [1.807, 2.05) is 11.3 Å². The van der Waals surface area contributed by atoms with Crippen LogP contribution in [0, 0.1) is 17.8 Å². The van der Waals surface area contributed by atoms with Crippen LogP contribution in [0.4, 0.5) is 0 Å². The Labute approximate surface area is 285 Å². The fourth-order valence-corrected chi connectivity index (χ4v) is 19.5. The lowest BCUT2D eigenvalue weighted by Crippen LogP contribution is -2.54. The molecule has 0 saturated heterocycles. The molecular weight excluding hydrogens is 585 g/mol. The number of hydrogen-bond donors (Lipinski definition) is 0. The number of rotatable bonds is 25. The third-order valence-electron chi connectivity index (χ3n) is 10.6. The summed E-state index contributed by atoms with van der Waals surface area (Å²) in [4.78, 5) is 0. The standard InChI is InChI=1S/C41H72S2Si/c1-9-11-13-15-17-19-21-23-25-29-37(28-24-22-20-18-16-14-12-10-2)30-26-27-31-38-33-42-39-32-40(43-41(38)39)44(34(3)4,35(5)6)36(7)8/h32-37H,9-26,28-30H2,1-8H3. The van der Waals surface area contributed by atoms with Gasteiger partial charge >= 0.3 is 0 Å². The number of fused-ring (bicyclic) bond motifs is 1. The Morgan fingerprint density at radius 1 is 0.614 bits per heavy atom. The van der Waals surface area contributed by atoms with Gasteiger partial charge < -0.3 is 0 Å². The maximum absolute atomic E-state index is 3.67. The second-order valence-electron chi connectivity index (χ2n) is 14.9. The van der Waals surface area contributed by atoms with Crippen LogP contribution in [0.5, 0.6) is 0 Å². The molecule has 2 aromatic rings. The second kappa shape index (κ2) is 22.9. The molecule has 252 valence electrons. The Morgan fingerprint density at radius 3 is 1.52 bits per heavy atom. The van der Waals surface area contributed by atoms with Gasteiger partial charge in [-0.2, -0.15) is 0 Å². The van der Waals surface area contributed by atoms with Crippen LogP contribution in [0.15, 0.2) is 11.4 Å². The lowest BCUT2D eigenvalue weighted by molar-refractivity contribution is 0.383. The molecule has 44 heavy (non-hydrogen) atoms. The lowest BCUT2D eigenvalue weighted by atomic mass is 9.90. The monoisotopic (exact) mass is 656 g/mol. The van der Waals surface area contributed by atoms with E-state index in [1.54, 1.807) is 4.50 Å². The van der Waals surface area contributed by atoms with Crippen molar-refractivity contribution in [3.8, 4) is 11.8 Å². The Bertz CT molecular complexity index is 1020. The molecule has 0 radical (unpaired) electrons. The Balaban J connectivity index is 1.93. The molecular formula is C41H72S2Si. The third kappa shape index (κ3) is 12.9. The van der Waals surface area contributed by atoms with Crippen molar-refractivity contribution in [1.82, 2.24) is 0 Å². The van der Waals surface area contributed by atoms with Crippen LogP contribution in [0.25, 0.3) is 9.40 Å². The van der Waals surface area contributed by atoms with Crippen molar-refractivity contribution in [1.29, 1.82) is 0 Å². The van der Waals surface area contributed by atoms with Crippen LogP contribution < -0.4 is 4.50 Å². The minimum absolute atomic E-state index is 0.758. The van der Waals surface area contributed by atoms with Crippen LogP contribution in [0.2, 0.25) is 16.6 Å². The van der Waals surface area contributed by atoms with Crippen LogP contribution in [0.1, 0.15) is 196 Å². The van der Waals surface area contributed by atoms with E-state index in [4.69, 9.17) is 0 Å². The quantitative estimate of drug-likeness (QED) is 0.0567. The van der Waals surface area contributed by atoms with E-state index in [-0.39, 0.29) is 0 Å². The van der Waals surface area contributed by atoms with Gasteiger partial charge in [0.1, 0.15) is 8.07 Å². The molecule has 0 N–H and O–H groups in total. The molecule has 0 nitrogen and oxygen atoms in total. The highest BCUT2D eigenvalue weighted by molar-refractivity contribution is 7.36. The van der Waals surface area contributed by atoms with E-state index in [9.17, 15) is 0 Å². The minimum Gasteiger partial charge on any atom is -0.143 e. The van der Waals surface area contributed by atoms with Crippen molar-refractivity contribution in [2.75, 3.05) is 0 Å². The fourth-order valence-electron chi connectivity index (χ4n) is 8.16. The smallest absolute Gasteiger partial charge is 0.107 e. The first kappa shape index (κ1) is 39.6. The minimum atomic E-state index is -1.61. The van der Waals surface area contributed by atoms with Gasteiger partial charge in [-0.3, -0.25) is 0 Å². The highest BCUT2D eigenvalue weighted by atomic mass is 32.1. The summed E-state index contributed by atoms with van der Waals surface area (Å²) in [6.45, 7) is 19.5. The predicted octanol–water partition coefficient (Wildman–Crippen LogP) is 15.0. The average Bonchev–Trinajstić information content (AvgIpc) is 3.56. The highest BCUT2D eigenvalue weighted by Crippen LogP contribution is 2.44. The molecule has 0 bridgehead atoms. The predicted molar refractivity (Wildman–Crippen MR) is 209 cm³/mol. The van der Waals surface area contributed by atoms with Crippen molar-refractivity contribution < 1.29 is 0 Å². The van der Waals surface area contributed by atoms with Crippen molar-refractivity contribution >= 4 is 44.6 Å². The van der Waals surface area contributed by atoms with Crippen LogP contribution >= 0.6 is 22.7 Å². The van der Waals surface area contributed by atoms with Crippen molar-refractivity contribution in [2.24, 2.45) is 5.92 Å². The molecule has 0 aliphatic heterocycles. The summed E-state index contributed by atoms with van der Waals surface area (Å²) in [6.07, 6.45) is 29.5. The molecule has 2 rings (SSSR count). The lowest BCUT2D eigenvalue weighted by Gasteiger charge is -2.42. The number of hydrogen-bond acceptors (Lipinski definition) is 2. The van der Waals surface area contributed by atoms with Crippen LogP contribution in [-0.2, 0) is 0 Å². The number of unbranched alkanes of at least 4 members (excludes halogenated alkanes) is 15. The summed E-state index contributed by atoms with van der Waals surface area (Å²) in [6, 6.07) is 2.58. The fraction of sp³-hybridized carbons (Fsp3) is 0.805. The van der Waals surface area contributed by atoms with Gasteiger partial charge in [0.15, 0.2) is 0 Å². The summed E-state index contributed by atoms with van der Waals surface area (Å²) < 4.78 is 4.67. The summed E-state index contributed by atoms with van der Waals surface area (Å²) in [5, 5.41) is 2.33. The Kier molecular flexibility index (Phi) is 20.6. The largest absolute Gasteiger partial charge is 0.143 e. The first-order valence-electron chi connectivity index (χ1n) is 19.3. The number of thiophene rings is 2. The van der Waals surface area contributed by atoms with E-state index < -0.39 is 8.07 Å². The summed E-state index contributed by atoms with van der Waals surface area (Å²) in [7, 11) is -1.61. The SMILES string of the molecule is CCCCCCCCCCCC(CCC#Cc1csc2cc([Si](C(C)C)(C(C)C)C(C)C)sc12)CCCCCCCCCC. The van der Waals surface area contributed by atoms with Crippen LogP contribution in [0.3, 0.4) is 0 Å². The van der Waals surface area contributed by atoms with E-state index in [0.717, 1.165) is 29.0 Å². The van der Waals surface area contributed by atoms with Gasteiger partial charge in [0.25, 0.3) is 0 Å². The molecule has 0 saturated carbocycles. The van der Waals surface area contributed by atoms with Gasteiger partial charge in [0.2, 0.25) is 0 Å². The molecule has 2 heterocycles. The van der Waals surface area contributed by atoms with Gasteiger partial charge in [-0.25, -0.2) is 0 Å². The van der Waals surface area contributed by atoms with Gasteiger partial charge in [0.05, 0.1) is 10.3 Å². The molecule has 1 atom stereocenters. The first-order chi connectivity index (χ1) is 21.3. The van der Waals surface area contributed by atoms with Crippen molar-refractivity contribution in [3.05, 3.63) is 17.0 Å². The third-order valence-corrected chi connectivity index (χ3v) is 20.8. The zero-order chi connectivity index (χ0) is 32.2. The van der Waals surface area contributed by atoms with E-state index in [0.29, 0.717) is 0 Å². The van der Waals surface area contributed by atoms with E-state index in [1.165, 1.54) is 143 Å². The van der Waals surface area contributed by atoms with Crippen molar-refractivity contribution in [3.63, 3.8) is 0 Å². The maximum atomic E-state index is 3.67. The summed E-state index contributed by atoms with van der Waals surface area (Å²) in [5.74, 6) is 8.21. The highest BCUT2D eigenvalue weighted by Gasteiger charge is 2.45. The second-order valence-corrected chi connectivity index (χ2v) is 23.1. The normalized spacial score (nSPS) is 13.0. The molecule has 0 amide bonds. The molecule has 3 heteroatoms. The molecule has 1 unspecified atom stereocenters. The van der Waals surface area contributed by atoms with Gasteiger partial charge in [0, 0.05) is 16.5 Å². The molecule has 0 aromatic carbocycles. The summed E-state index contributed by atoms with van der Waals surface area (Å²) in [5.41, 5.74) is 3.58. The van der Waals surface area contributed by atoms with Gasteiger partial charge in [-0.1, -0.05) is 189 Å². The van der Waals surface area contributed by atoms with Crippen molar-refractivity contribution in [2.45, 2.75) is 207 Å². The topological polar surface area (TPSA) is 0 Å². The average molecular weight is 657 g/mol. The Morgan fingerprint density at radius 2 is 1.07 bits per heavy atom. The maximum Gasteiger partial charge on any atom is 0.107 e.